The van der Waals surface area contributed by atoms with Gasteiger partial charge in [-0.2, -0.15) is 0 Å². The van der Waals surface area contributed by atoms with Crippen molar-refractivity contribution in [2.24, 2.45) is 0 Å². The summed E-state index contributed by atoms with van der Waals surface area (Å²) >= 11 is 0. The summed E-state index contributed by atoms with van der Waals surface area (Å²) in [4.78, 5) is 12.4. The fraction of sp³-hybridized carbons (Fsp3) is 0.278. The molecule has 2 rings (SSSR count). The zero-order valence-corrected chi connectivity index (χ0v) is 12.8. The van der Waals surface area contributed by atoms with Crippen molar-refractivity contribution in [2.75, 3.05) is 7.11 Å². The second kappa shape index (κ2) is 6.98. The van der Waals surface area contributed by atoms with Gasteiger partial charge < -0.3 is 14.9 Å². The van der Waals surface area contributed by atoms with Gasteiger partial charge in [0.15, 0.2) is 5.78 Å². The molecule has 0 radical (unpaired) electrons. The van der Waals surface area contributed by atoms with Crippen LogP contribution in [-0.2, 0) is 12.8 Å². The van der Waals surface area contributed by atoms with Gasteiger partial charge in [-0.25, -0.2) is 0 Å². The Balaban J connectivity index is 2.22. The van der Waals surface area contributed by atoms with Crippen LogP contribution in [0.25, 0.3) is 0 Å². The van der Waals surface area contributed by atoms with E-state index in [1.54, 1.807) is 25.3 Å². The Labute approximate surface area is 130 Å². The maximum atomic E-state index is 12.4. The number of carbonyl (C=O) groups is 1. The molecule has 0 spiro atoms. The number of carbonyl (C=O) groups excluding carboxylic acids is 1. The van der Waals surface area contributed by atoms with Crippen LogP contribution in [0.3, 0.4) is 0 Å². The van der Waals surface area contributed by atoms with Crippen molar-refractivity contribution in [3.05, 3.63) is 53.1 Å². The zero-order valence-electron chi connectivity index (χ0n) is 12.8. The molecule has 0 aromatic heterocycles. The molecule has 4 nitrogen and oxygen atoms in total. The highest BCUT2D eigenvalue weighted by Crippen LogP contribution is 2.29. The van der Waals surface area contributed by atoms with E-state index in [2.05, 4.69) is 0 Å². The van der Waals surface area contributed by atoms with Gasteiger partial charge in [-0.3, -0.25) is 4.79 Å². The van der Waals surface area contributed by atoms with E-state index in [0.29, 0.717) is 12.0 Å². The number of aryl methyl sites for hydroxylation is 1. The molecule has 0 unspecified atom stereocenters. The number of phenolic OH excluding ortho intramolecular Hbond substituents is 2. The van der Waals surface area contributed by atoms with Crippen molar-refractivity contribution < 1.29 is 19.7 Å². The fourth-order valence-corrected chi connectivity index (χ4v) is 2.34. The summed E-state index contributed by atoms with van der Waals surface area (Å²) in [5.41, 5.74) is 1.77. The predicted molar refractivity (Wildman–Crippen MR) is 84.8 cm³/mol. The predicted octanol–water partition coefficient (Wildman–Crippen LogP) is 3.48. The summed E-state index contributed by atoms with van der Waals surface area (Å²) in [6, 6.07) is 10.1. The van der Waals surface area contributed by atoms with Crippen LogP contribution in [0.4, 0.5) is 0 Å². The summed E-state index contributed by atoms with van der Waals surface area (Å²) in [7, 11) is 1.59. The number of benzene rings is 2. The first-order valence-corrected chi connectivity index (χ1v) is 7.26. The number of rotatable bonds is 6. The summed E-state index contributed by atoms with van der Waals surface area (Å²) < 4.78 is 5.08. The Bertz CT molecular complexity index is 660. The summed E-state index contributed by atoms with van der Waals surface area (Å²) in [5.74, 6) is 0.394. The van der Waals surface area contributed by atoms with Gasteiger partial charge in [-0.15, -0.1) is 0 Å². The van der Waals surface area contributed by atoms with E-state index in [4.69, 9.17) is 4.74 Å². The molecule has 0 heterocycles. The van der Waals surface area contributed by atoms with Crippen molar-refractivity contribution in [1.29, 1.82) is 0 Å². The van der Waals surface area contributed by atoms with E-state index in [-0.39, 0.29) is 29.3 Å². The van der Waals surface area contributed by atoms with Crippen molar-refractivity contribution in [3.8, 4) is 17.2 Å². The molecule has 0 saturated carbocycles. The fourth-order valence-electron chi connectivity index (χ4n) is 2.34. The van der Waals surface area contributed by atoms with Crippen LogP contribution in [0, 0.1) is 0 Å². The highest BCUT2D eigenvalue weighted by molar-refractivity contribution is 6.00. The van der Waals surface area contributed by atoms with E-state index in [1.165, 1.54) is 6.07 Å². The molecule has 2 N–H and O–H groups in total. The van der Waals surface area contributed by atoms with Crippen LogP contribution >= 0.6 is 0 Å². The maximum absolute atomic E-state index is 12.4. The Morgan fingerprint density at radius 1 is 1.09 bits per heavy atom. The molecule has 0 aliphatic carbocycles. The number of phenols is 2. The van der Waals surface area contributed by atoms with Gasteiger partial charge in [-0.1, -0.05) is 25.5 Å². The molecular weight excluding hydrogens is 280 g/mol. The Morgan fingerprint density at radius 2 is 1.77 bits per heavy atom. The van der Waals surface area contributed by atoms with E-state index in [1.807, 2.05) is 19.1 Å². The monoisotopic (exact) mass is 300 g/mol. The highest BCUT2D eigenvalue weighted by atomic mass is 16.5. The number of Topliss-reactive ketones (excluding diaryl/α,β-unsaturated/α-hetero) is 1. The third kappa shape index (κ3) is 3.58. The standard InChI is InChI=1S/C18H20O4/c1-3-4-13-10-15(18(21)11-16(13)19)17(20)9-12-5-7-14(22-2)8-6-12/h5-8,10-11,19,21H,3-4,9H2,1-2H3. The number of ketones is 1. The number of methoxy groups -OCH3 is 1. The van der Waals surface area contributed by atoms with E-state index in [0.717, 1.165) is 17.7 Å². The molecule has 116 valence electrons. The van der Waals surface area contributed by atoms with Crippen LogP contribution in [0.5, 0.6) is 17.2 Å². The van der Waals surface area contributed by atoms with Gasteiger partial charge in [0.05, 0.1) is 12.7 Å². The number of hydrogen-bond donors (Lipinski definition) is 2. The van der Waals surface area contributed by atoms with Gasteiger partial charge in [0, 0.05) is 12.5 Å². The second-order valence-corrected chi connectivity index (χ2v) is 5.20. The topological polar surface area (TPSA) is 66.8 Å². The van der Waals surface area contributed by atoms with Gasteiger partial charge >= 0.3 is 0 Å². The third-order valence-corrected chi connectivity index (χ3v) is 3.54. The molecule has 2 aromatic rings. The van der Waals surface area contributed by atoms with Crippen LogP contribution in [0.15, 0.2) is 36.4 Å². The molecule has 22 heavy (non-hydrogen) atoms. The Kier molecular flexibility index (Phi) is 5.04. The quantitative estimate of drug-likeness (QED) is 0.801. The smallest absolute Gasteiger partial charge is 0.170 e. The molecule has 0 fully saturated rings. The van der Waals surface area contributed by atoms with Gasteiger partial charge in [-0.05, 0) is 35.7 Å². The lowest BCUT2D eigenvalue weighted by Gasteiger charge is -2.09. The van der Waals surface area contributed by atoms with E-state index < -0.39 is 0 Å². The molecule has 0 atom stereocenters. The summed E-state index contributed by atoms with van der Waals surface area (Å²) in [6.45, 7) is 1.99. The van der Waals surface area contributed by atoms with E-state index in [9.17, 15) is 15.0 Å². The van der Waals surface area contributed by atoms with E-state index >= 15 is 0 Å². The highest BCUT2D eigenvalue weighted by Gasteiger charge is 2.15. The first-order valence-electron chi connectivity index (χ1n) is 7.26. The summed E-state index contributed by atoms with van der Waals surface area (Å²) in [6.07, 6.45) is 1.70. The van der Waals surface area contributed by atoms with Crippen LogP contribution in [0.2, 0.25) is 0 Å². The Hall–Kier alpha value is -2.49. The molecular formula is C18H20O4. The van der Waals surface area contributed by atoms with Crippen LogP contribution < -0.4 is 4.74 Å². The molecule has 0 saturated heterocycles. The lowest BCUT2D eigenvalue weighted by molar-refractivity contribution is 0.0990. The average Bonchev–Trinajstić information content (AvgIpc) is 2.50. The Morgan fingerprint density at radius 3 is 2.36 bits per heavy atom. The SMILES string of the molecule is CCCc1cc(C(=O)Cc2ccc(OC)cc2)c(O)cc1O. The molecule has 2 aromatic carbocycles. The van der Waals surface area contributed by atoms with Crippen LogP contribution in [-0.4, -0.2) is 23.1 Å². The van der Waals surface area contributed by atoms with Gasteiger partial charge in [0.1, 0.15) is 17.2 Å². The lowest BCUT2D eigenvalue weighted by Crippen LogP contribution is -2.05. The number of aromatic hydroxyl groups is 2. The first-order chi connectivity index (χ1) is 10.5. The van der Waals surface area contributed by atoms with Crippen molar-refractivity contribution >= 4 is 5.78 Å². The number of ether oxygens (including phenoxy) is 1. The number of hydrogen-bond acceptors (Lipinski definition) is 4. The lowest BCUT2D eigenvalue weighted by atomic mass is 9.98. The second-order valence-electron chi connectivity index (χ2n) is 5.20. The minimum atomic E-state index is -0.184. The van der Waals surface area contributed by atoms with Gasteiger partial charge in [0.25, 0.3) is 0 Å². The molecule has 0 aliphatic rings. The molecule has 0 bridgehead atoms. The third-order valence-electron chi connectivity index (χ3n) is 3.54. The summed E-state index contributed by atoms with van der Waals surface area (Å²) in [5, 5.41) is 19.7. The molecule has 4 heteroatoms. The maximum Gasteiger partial charge on any atom is 0.170 e. The normalized spacial score (nSPS) is 10.5. The van der Waals surface area contributed by atoms with Crippen molar-refractivity contribution in [1.82, 2.24) is 0 Å². The largest absolute Gasteiger partial charge is 0.508 e. The molecule has 0 aliphatic heterocycles. The molecule has 0 amide bonds. The van der Waals surface area contributed by atoms with Crippen molar-refractivity contribution in [2.45, 2.75) is 26.2 Å². The minimum Gasteiger partial charge on any atom is -0.508 e. The van der Waals surface area contributed by atoms with Gasteiger partial charge in [0.2, 0.25) is 0 Å². The minimum absolute atomic E-state index is 0.0281. The average molecular weight is 300 g/mol. The van der Waals surface area contributed by atoms with Crippen LogP contribution in [0.1, 0.15) is 34.8 Å². The zero-order chi connectivity index (χ0) is 16.1. The van der Waals surface area contributed by atoms with Crippen molar-refractivity contribution in [3.63, 3.8) is 0 Å². The first kappa shape index (κ1) is 15.9.